The van der Waals surface area contributed by atoms with Crippen LogP contribution < -0.4 is 22.1 Å². The fourth-order valence-electron chi connectivity index (χ4n) is 0.910. The highest BCUT2D eigenvalue weighted by Gasteiger charge is 1.86. The Balaban J connectivity index is 0. The predicted molar refractivity (Wildman–Crippen MR) is 64.6 cm³/mol. The molecule has 0 aromatic heterocycles. The molecule has 0 unspecified atom stereocenters. The average molecular weight is 218 g/mol. The average Bonchev–Trinajstić information content (AvgIpc) is 2.16. The van der Waals surface area contributed by atoms with E-state index in [2.05, 4.69) is 16.4 Å². The van der Waals surface area contributed by atoms with Gasteiger partial charge >= 0.3 is 0 Å². The lowest BCUT2D eigenvalue weighted by Gasteiger charge is -2.02. The molecule has 0 rings (SSSR count). The highest BCUT2D eigenvalue weighted by molar-refractivity contribution is 5.70. The predicted octanol–water partition coefficient (Wildman–Crippen LogP) is -0.584. The van der Waals surface area contributed by atoms with Gasteiger partial charge in [0.2, 0.25) is 5.91 Å². The number of hydrogen-bond acceptors (Lipinski definition) is 4. The van der Waals surface area contributed by atoms with Crippen molar-refractivity contribution in [3.05, 3.63) is 0 Å². The maximum Gasteiger partial charge on any atom is 0.214 e. The topological polar surface area (TPSA) is 93.2 Å². The van der Waals surface area contributed by atoms with Crippen LogP contribution in [0.15, 0.2) is 0 Å². The van der Waals surface area contributed by atoms with Gasteiger partial charge in [-0.3, -0.25) is 4.79 Å². The van der Waals surface area contributed by atoms with Crippen molar-refractivity contribution in [1.29, 1.82) is 0 Å². The summed E-state index contributed by atoms with van der Waals surface area (Å²) in [5.74, 6) is -0.333. The second-order valence-corrected chi connectivity index (χ2v) is 3.31. The van der Waals surface area contributed by atoms with Gasteiger partial charge in [0.05, 0.1) is 0 Å². The number of rotatable bonds is 8. The summed E-state index contributed by atoms with van der Waals surface area (Å²) in [4.78, 5) is 9.22. The zero-order valence-electron chi connectivity index (χ0n) is 10.0. The van der Waals surface area contributed by atoms with E-state index in [1.807, 2.05) is 7.05 Å². The minimum absolute atomic E-state index is 0.333. The quantitative estimate of drug-likeness (QED) is 0.410. The molecule has 0 atom stereocenters. The van der Waals surface area contributed by atoms with Crippen molar-refractivity contribution in [3.8, 4) is 0 Å². The van der Waals surface area contributed by atoms with Crippen LogP contribution in [0.25, 0.3) is 0 Å². The highest BCUT2D eigenvalue weighted by atomic mass is 16.1. The van der Waals surface area contributed by atoms with Crippen LogP contribution in [0.4, 0.5) is 0 Å². The largest absolute Gasteiger partial charge is 0.370 e. The van der Waals surface area contributed by atoms with Gasteiger partial charge in [-0.15, -0.1) is 0 Å². The third-order valence-electron chi connectivity index (χ3n) is 1.59. The molecule has 0 aliphatic carbocycles. The molecule has 0 saturated heterocycles. The zero-order valence-corrected chi connectivity index (χ0v) is 10.0. The van der Waals surface area contributed by atoms with E-state index in [0.717, 1.165) is 32.6 Å². The Labute approximate surface area is 93.0 Å². The molecule has 1 amide bonds. The first-order valence-electron chi connectivity index (χ1n) is 5.46. The van der Waals surface area contributed by atoms with E-state index in [0.29, 0.717) is 0 Å². The van der Waals surface area contributed by atoms with Crippen molar-refractivity contribution < 1.29 is 4.79 Å². The summed E-state index contributed by atoms with van der Waals surface area (Å²) in [5.41, 5.74) is 9.83. The SMILES string of the molecule is CC(N)=O.CNCCCNCCCCN. The fraction of sp³-hybridized carbons (Fsp3) is 0.900. The van der Waals surface area contributed by atoms with Crippen molar-refractivity contribution in [3.63, 3.8) is 0 Å². The first-order chi connectivity index (χ1) is 7.15. The second kappa shape index (κ2) is 15.8. The van der Waals surface area contributed by atoms with Gasteiger partial charge in [0.15, 0.2) is 0 Å². The van der Waals surface area contributed by atoms with E-state index in [1.54, 1.807) is 0 Å². The number of unbranched alkanes of at least 4 members (excludes halogenated alkanes) is 1. The fourth-order valence-corrected chi connectivity index (χ4v) is 0.910. The Hall–Kier alpha value is -0.650. The minimum Gasteiger partial charge on any atom is -0.370 e. The van der Waals surface area contributed by atoms with Crippen LogP contribution in [0.2, 0.25) is 0 Å². The van der Waals surface area contributed by atoms with Crippen molar-refractivity contribution in [2.24, 2.45) is 11.5 Å². The molecule has 6 N–H and O–H groups in total. The summed E-state index contributed by atoms with van der Waals surface area (Å²) in [6, 6.07) is 0. The number of nitrogens with one attached hydrogen (secondary N) is 2. The molecule has 0 aromatic rings. The molecule has 0 radical (unpaired) electrons. The van der Waals surface area contributed by atoms with E-state index in [4.69, 9.17) is 5.73 Å². The lowest BCUT2D eigenvalue weighted by atomic mass is 10.3. The summed E-state index contributed by atoms with van der Waals surface area (Å²) >= 11 is 0. The zero-order chi connectivity index (χ0) is 11.9. The molecular weight excluding hydrogens is 192 g/mol. The number of carbonyl (C=O) groups excluding carboxylic acids is 1. The summed E-state index contributed by atoms with van der Waals surface area (Å²) < 4.78 is 0. The van der Waals surface area contributed by atoms with E-state index >= 15 is 0 Å². The Kier molecular flexibility index (Phi) is 17.7. The van der Waals surface area contributed by atoms with E-state index in [1.165, 1.54) is 19.8 Å². The number of nitrogens with two attached hydrogens (primary N) is 2. The van der Waals surface area contributed by atoms with Crippen LogP contribution in [0.1, 0.15) is 26.2 Å². The van der Waals surface area contributed by atoms with Crippen molar-refractivity contribution in [2.45, 2.75) is 26.2 Å². The smallest absolute Gasteiger partial charge is 0.214 e. The summed E-state index contributed by atoms with van der Waals surface area (Å²) in [5, 5.41) is 6.47. The molecular formula is C10H26N4O. The Morgan fingerprint density at radius 3 is 2.13 bits per heavy atom. The highest BCUT2D eigenvalue weighted by Crippen LogP contribution is 1.82. The molecule has 0 aliphatic heterocycles. The lowest BCUT2D eigenvalue weighted by molar-refractivity contribution is -0.115. The molecule has 0 heterocycles. The minimum atomic E-state index is -0.333. The van der Waals surface area contributed by atoms with Crippen LogP contribution in [0, 0.1) is 0 Å². The summed E-state index contributed by atoms with van der Waals surface area (Å²) in [7, 11) is 1.98. The monoisotopic (exact) mass is 218 g/mol. The molecule has 0 fully saturated rings. The van der Waals surface area contributed by atoms with Gasteiger partial charge in [0.25, 0.3) is 0 Å². The van der Waals surface area contributed by atoms with Crippen LogP contribution in [-0.2, 0) is 4.79 Å². The van der Waals surface area contributed by atoms with Crippen molar-refractivity contribution >= 4 is 5.91 Å². The number of hydrogen-bond donors (Lipinski definition) is 4. The number of amides is 1. The number of carbonyl (C=O) groups is 1. The van der Waals surface area contributed by atoms with E-state index in [-0.39, 0.29) is 5.91 Å². The van der Waals surface area contributed by atoms with Crippen LogP contribution >= 0.6 is 0 Å². The first kappa shape index (κ1) is 16.8. The molecule has 0 bridgehead atoms. The van der Waals surface area contributed by atoms with Gasteiger partial charge in [-0.05, 0) is 52.5 Å². The summed E-state index contributed by atoms with van der Waals surface area (Å²) in [6.45, 7) is 5.45. The maximum atomic E-state index is 9.22. The summed E-state index contributed by atoms with van der Waals surface area (Å²) in [6.07, 6.45) is 3.55. The molecule has 0 aromatic carbocycles. The molecule has 15 heavy (non-hydrogen) atoms. The van der Waals surface area contributed by atoms with Gasteiger partial charge < -0.3 is 22.1 Å². The molecule has 5 nitrogen and oxygen atoms in total. The Morgan fingerprint density at radius 2 is 1.67 bits per heavy atom. The maximum absolute atomic E-state index is 9.22. The van der Waals surface area contributed by atoms with Gasteiger partial charge in [-0.1, -0.05) is 0 Å². The second-order valence-electron chi connectivity index (χ2n) is 3.31. The first-order valence-corrected chi connectivity index (χ1v) is 5.46. The van der Waals surface area contributed by atoms with Gasteiger partial charge in [-0.2, -0.15) is 0 Å². The van der Waals surface area contributed by atoms with Crippen LogP contribution in [0.3, 0.4) is 0 Å². The molecule has 92 valence electrons. The number of primary amides is 1. The van der Waals surface area contributed by atoms with Crippen LogP contribution in [-0.4, -0.2) is 39.1 Å². The van der Waals surface area contributed by atoms with E-state index in [9.17, 15) is 4.79 Å². The standard InChI is InChI=1S/C8H21N3.C2H5NO/c1-10-6-4-8-11-7-3-2-5-9;1-2(3)4/h10-11H,2-9H2,1H3;1H3,(H2,3,4). The van der Waals surface area contributed by atoms with E-state index < -0.39 is 0 Å². The normalized spacial score (nSPS) is 9.27. The van der Waals surface area contributed by atoms with Crippen LogP contribution in [0.5, 0.6) is 0 Å². The van der Waals surface area contributed by atoms with Gasteiger partial charge in [-0.25, -0.2) is 0 Å². The molecule has 0 saturated carbocycles. The lowest BCUT2D eigenvalue weighted by Crippen LogP contribution is -2.21. The van der Waals surface area contributed by atoms with Gasteiger partial charge in [0.1, 0.15) is 0 Å². The van der Waals surface area contributed by atoms with Gasteiger partial charge in [0, 0.05) is 6.92 Å². The van der Waals surface area contributed by atoms with Crippen molar-refractivity contribution in [2.75, 3.05) is 33.2 Å². The third-order valence-corrected chi connectivity index (χ3v) is 1.59. The molecule has 0 spiro atoms. The molecule has 0 aliphatic rings. The Morgan fingerprint density at radius 1 is 1.13 bits per heavy atom. The van der Waals surface area contributed by atoms with Crippen molar-refractivity contribution in [1.82, 2.24) is 10.6 Å². The third kappa shape index (κ3) is 31.8. The Bertz CT molecular complexity index is 119. The molecule has 5 heteroatoms.